The number of rotatable bonds is 4. The second-order valence-corrected chi connectivity index (χ2v) is 14.1. The van der Waals surface area contributed by atoms with E-state index in [4.69, 9.17) is 9.40 Å². The first-order valence-electron chi connectivity index (χ1n) is 17.2. The quantitative estimate of drug-likeness (QED) is 0.187. The van der Waals surface area contributed by atoms with Gasteiger partial charge in [-0.1, -0.05) is 115 Å². The summed E-state index contributed by atoms with van der Waals surface area (Å²) in [6, 6.07) is 60.5. The van der Waals surface area contributed by atoms with E-state index in [1.807, 2.05) is 23.5 Å². The summed E-state index contributed by atoms with van der Waals surface area (Å²) >= 11 is 1.88. The van der Waals surface area contributed by atoms with E-state index in [-0.39, 0.29) is 0 Å². The van der Waals surface area contributed by atoms with E-state index in [9.17, 15) is 0 Å². The van der Waals surface area contributed by atoms with Gasteiger partial charge in [-0.3, -0.25) is 0 Å². The fourth-order valence-electron chi connectivity index (χ4n) is 7.86. The van der Waals surface area contributed by atoms with Gasteiger partial charge < -0.3 is 8.98 Å². The largest absolute Gasteiger partial charge is 0.456 e. The SMILES string of the molecule is c1ccc(-c2cc(-c3ccc4c(c3)oc3ccccc34)nc(-c3cccc4c3sc3c4ccc4c3c3ccccc3n4-c3ccccc3)c2)cc1. The summed E-state index contributed by atoms with van der Waals surface area (Å²) in [6.07, 6.45) is 0. The first-order valence-corrected chi connectivity index (χ1v) is 18.0. The summed E-state index contributed by atoms with van der Waals surface area (Å²) in [5.41, 5.74) is 11.7. The fourth-order valence-corrected chi connectivity index (χ4v) is 9.24. The molecule has 0 bridgehead atoms. The molecule has 0 aliphatic rings. The van der Waals surface area contributed by atoms with Crippen molar-refractivity contribution in [2.75, 3.05) is 0 Å². The Hall–Kier alpha value is -6.49. The van der Waals surface area contributed by atoms with Crippen LogP contribution >= 0.6 is 11.3 Å². The highest BCUT2D eigenvalue weighted by molar-refractivity contribution is 7.27. The molecule has 4 heterocycles. The van der Waals surface area contributed by atoms with Gasteiger partial charge in [-0.25, -0.2) is 4.98 Å². The van der Waals surface area contributed by atoms with Crippen LogP contribution in [0.25, 0.3) is 103 Å². The van der Waals surface area contributed by atoms with E-state index >= 15 is 0 Å². The zero-order valence-corrected chi connectivity index (χ0v) is 28.2. The lowest BCUT2D eigenvalue weighted by Crippen LogP contribution is -1.92. The molecule has 0 saturated carbocycles. The maximum absolute atomic E-state index is 6.30. The average molecular weight is 669 g/mol. The molecule has 0 aliphatic heterocycles. The molecule has 4 heteroatoms. The molecule has 3 nitrogen and oxygen atoms in total. The van der Waals surface area contributed by atoms with E-state index in [0.29, 0.717) is 0 Å². The van der Waals surface area contributed by atoms with Crippen LogP contribution in [0.4, 0.5) is 0 Å². The fraction of sp³-hybridized carbons (Fsp3) is 0. The second kappa shape index (κ2) is 11.0. The third-order valence-electron chi connectivity index (χ3n) is 10.2. The molecule has 0 atom stereocenters. The van der Waals surface area contributed by atoms with Gasteiger partial charge in [-0.2, -0.15) is 0 Å². The number of hydrogen-bond donors (Lipinski definition) is 0. The van der Waals surface area contributed by atoms with Gasteiger partial charge >= 0.3 is 0 Å². The standard InChI is InChI=1S/C47H28N2OS/c1-3-12-29(13-4-1)31-26-39(30-22-23-34-33-16-8-10-21-43(33)50-44(34)28-30)48-40(27-31)37-19-11-18-35-36-24-25-42-45(47(36)51-46(35)37)38-17-7-9-20-41(38)49(42)32-14-5-2-6-15-32/h1-28H. The van der Waals surface area contributed by atoms with E-state index in [1.165, 1.54) is 47.7 Å². The minimum Gasteiger partial charge on any atom is -0.456 e. The van der Waals surface area contributed by atoms with Crippen molar-refractivity contribution in [1.82, 2.24) is 9.55 Å². The van der Waals surface area contributed by atoms with Crippen LogP contribution in [-0.2, 0) is 0 Å². The monoisotopic (exact) mass is 668 g/mol. The number of furan rings is 1. The first-order chi connectivity index (χ1) is 25.3. The Morgan fingerprint density at radius 3 is 2.00 bits per heavy atom. The molecule has 0 radical (unpaired) electrons. The van der Waals surface area contributed by atoms with Gasteiger partial charge in [-0.15, -0.1) is 11.3 Å². The van der Waals surface area contributed by atoms with Crippen LogP contribution in [-0.4, -0.2) is 9.55 Å². The first kappa shape index (κ1) is 28.4. The number of pyridine rings is 1. The van der Waals surface area contributed by atoms with Crippen LogP contribution in [0.2, 0.25) is 0 Å². The summed E-state index contributed by atoms with van der Waals surface area (Å²) in [5, 5.41) is 7.33. The van der Waals surface area contributed by atoms with Crippen molar-refractivity contribution in [3.05, 3.63) is 170 Å². The smallest absolute Gasteiger partial charge is 0.136 e. The zero-order chi connectivity index (χ0) is 33.5. The number of benzene rings is 7. The van der Waals surface area contributed by atoms with Crippen molar-refractivity contribution in [3.8, 4) is 39.3 Å². The van der Waals surface area contributed by atoms with Crippen LogP contribution in [0.1, 0.15) is 0 Å². The van der Waals surface area contributed by atoms with Gasteiger partial charge in [0.2, 0.25) is 0 Å². The van der Waals surface area contributed by atoms with Crippen LogP contribution in [0, 0.1) is 0 Å². The van der Waals surface area contributed by atoms with Gasteiger partial charge in [0.15, 0.2) is 0 Å². The number of fused-ring (bicyclic) bond motifs is 10. The maximum atomic E-state index is 6.30. The van der Waals surface area contributed by atoms with Crippen LogP contribution < -0.4 is 0 Å². The van der Waals surface area contributed by atoms with Crippen LogP contribution in [0.15, 0.2) is 174 Å². The Morgan fingerprint density at radius 2 is 1.12 bits per heavy atom. The maximum Gasteiger partial charge on any atom is 0.136 e. The molecule has 0 spiro atoms. The highest BCUT2D eigenvalue weighted by Crippen LogP contribution is 2.46. The zero-order valence-electron chi connectivity index (χ0n) is 27.4. The lowest BCUT2D eigenvalue weighted by Gasteiger charge is -2.11. The van der Waals surface area contributed by atoms with Crippen molar-refractivity contribution in [3.63, 3.8) is 0 Å². The molecule has 11 rings (SSSR count). The lowest BCUT2D eigenvalue weighted by atomic mass is 9.98. The molecule has 0 amide bonds. The molecule has 7 aromatic carbocycles. The normalized spacial score (nSPS) is 11.9. The highest BCUT2D eigenvalue weighted by atomic mass is 32.1. The molecule has 51 heavy (non-hydrogen) atoms. The number of aromatic nitrogens is 2. The topological polar surface area (TPSA) is 31.0 Å². The molecule has 0 unspecified atom stereocenters. The van der Waals surface area contributed by atoms with E-state index in [1.54, 1.807) is 0 Å². The average Bonchev–Trinajstić information content (AvgIpc) is 3.87. The summed E-state index contributed by atoms with van der Waals surface area (Å²) in [6.45, 7) is 0. The number of thiophene rings is 1. The summed E-state index contributed by atoms with van der Waals surface area (Å²) in [7, 11) is 0. The number of nitrogens with zero attached hydrogens (tertiary/aromatic N) is 2. The second-order valence-electron chi connectivity index (χ2n) is 13.1. The van der Waals surface area contributed by atoms with Gasteiger partial charge in [0.1, 0.15) is 11.2 Å². The Balaban J connectivity index is 1.16. The van der Waals surface area contributed by atoms with E-state index in [0.717, 1.165) is 55.6 Å². The van der Waals surface area contributed by atoms with E-state index in [2.05, 4.69) is 162 Å². The third kappa shape index (κ3) is 4.33. The number of hydrogen-bond acceptors (Lipinski definition) is 3. The Kier molecular flexibility index (Phi) is 6.12. The molecule has 0 fully saturated rings. The molecular formula is C47H28N2OS. The molecule has 11 aromatic rings. The van der Waals surface area contributed by atoms with Gasteiger partial charge in [-0.05, 0) is 65.7 Å². The predicted molar refractivity (Wildman–Crippen MR) is 215 cm³/mol. The highest BCUT2D eigenvalue weighted by Gasteiger charge is 2.20. The molecule has 0 aliphatic carbocycles. The van der Waals surface area contributed by atoms with E-state index < -0.39 is 0 Å². The van der Waals surface area contributed by atoms with Gasteiger partial charge in [0, 0.05) is 58.5 Å². The van der Waals surface area contributed by atoms with Crippen LogP contribution in [0.5, 0.6) is 0 Å². The molecular weight excluding hydrogens is 641 g/mol. The molecule has 0 saturated heterocycles. The summed E-state index contributed by atoms with van der Waals surface area (Å²) in [5.74, 6) is 0. The summed E-state index contributed by atoms with van der Waals surface area (Å²) in [4.78, 5) is 5.40. The van der Waals surface area contributed by atoms with Crippen molar-refractivity contribution < 1.29 is 4.42 Å². The minimum absolute atomic E-state index is 0.868. The van der Waals surface area contributed by atoms with Crippen molar-refractivity contribution in [2.24, 2.45) is 0 Å². The van der Waals surface area contributed by atoms with Crippen LogP contribution in [0.3, 0.4) is 0 Å². The number of para-hydroxylation sites is 3. The van der Waals surface area contributed by atoms with Crippen molar-refractivity contribution >= 4 is 75.3 Å². The van der Waals surface area contributed by atoms with Crippen molar-refractivity contribution in [1.29, 1.82) is 0 Å². The molecule has 238 valence electrons. The Morgan fingerprint density at radius 1 is 0.431 bits per heavy atom. The van der Waals surface area contributed by atoms with Gasteiger partial charge in [0.05, 0.1) is 22.4 Å². The molecule has 0 N–H and O–H groups in total. The Labute approximate surface area is 297 Å². The van der Waals surface area contributed by atoms with Crippen molar-refractivity contribution in [2.45, 2.75) is 0 Å². The third-order valence-corrected chi connectivity index (χ3v) is 11.5. The predicted octanol–water partition coefficient (Wildman–Crippen LogP) is 13.4. The molecule has 4 aromatic heterocycles. The van der Waals surface area contributed by atoms with Gasteiger partial charge in [0.25, 0.3) is 0 Å². The lowest BCUT2D eigenvalue weighted by molar-refractivity contribution is 0.669. The summed E-state index contributed by atoms with van der Waals surface area (Å²) < 4.78 is 11.2. The Bertz CT molecular complexity index is 3130. The minimum atomic E-state index is 0.868.